The average Bonchev–Trinajstić information content (AvgIpc) is 2.83. The highest BCUT2D eigenvalue weighted by molar-refractivity contribution is 5.77. The van der Waals surface area contributed by atoms with E-state index >= 15 is 0 Å². The van der Waals surface area contributed by atoms with E-state index in [1.165, 1.54) is 0 Å². The maximum Gasteiger partial charge on any atom is 0.364 e. The topological polar surface area (TPSA) is 195 Å². The minimum atomic E-state index is -2.37. The molecule has 196 valence electrons. The van der Waals surface area contributed by atoms with Crippen molar-refractivity contribution in [2.24, 2.45) is 0 Å². The summed E-state index contributed by atoms with van der Waals surface area (Å²) in [6, 6.07) is 8.13. The number of hydrogen-bond donors (Lipinski definition) is 7. The van der Waals surface area contributed by atoms with Crippen LogP contribution in [0.4, 0.5) is 0 Å². The van der Waals surface area contributed by atoms with Crippen LogP contribution < -0.4 is 10.6 Å². The number of carboxylic acids is 1. The summed E-state index contributed by atoms with van der Waals surface area (Å²) in [4.78, 5) is 35.6. The summed E-state index contributed by atoms with van der Waals surface area (Å²) >= 11 is 0. The van der Waals surface area contributed by atoms with E-state index < -0.39 is 61.1 Å². The molecule has 1 fully saturated rings. The van der Waals surface area contributed by atoms with E-state index in [4.69, 9.17) is 14.6 Å². The number of ether oxygens (including phenoxy) is 2. The number of amides is 2. The lowest BCUT2D eigenvalue weighted by Gasteiger charge is -2.46. The van der Waals surface area contributed by atoms with Crippen molar-refractivity contribution in [3.8, 4) is 0 Å². The number of aliphatic hydroxyl groups excluding tert-OH is 4. The molecule has 1 aliphatic rings. The van der Waals surface area contributed by atoms with E-state index in [0.29, 0.717) is 19.4 Å². The first kappa shape index (κ1) is 28.6. The Morgan fingerprint density at radius 1 is 1.20 bits per heavy atom. The molecule has 0 aliphatic carbocycles. The van der Waals surface area contributed by atoms with Crippen molar-refractivity contribution in [3.05, 3.63) is 35.9 Å². The minimum absolute atomic E-state index is 0.138. The third-order valence-corrected chi connectivity index (χ3v) is 5.65. The van der Waals surface area contributed by atoms with Crippen molar-refractivity contribution in [2.75, 3.05) is 13.2 Å². The Morgan fingerprint density at radius 3 is 2.49 bits per heavy atom. The third-order valence-electron chi connectivity index (χ3n) is 5.65. The Labute approximate surface area is 202 Å². The van der Waals surface area contributed by atoms with Crippen molar-refractivity contribution < 1.29 is 49.4 Å². The van der Waals surface area contributed by atoms with Gasteiger partial charge in [-0.15, -0.1) is 0 Å². The lowest BCUT2D eigenvalue weighted by atomic mass is 9.88. The maximum absolute atomic E-state index is 12.0. The summed E-state index contributed by atoms with van der Waals surface area (Å²) in [5.74, 6) is -4.70. The predicted octanol–water partition coefficient (Wildman–Crippen LogP) is -1.36. The Morgan fingerprint density at radius 2 is 1.89 bits per heavy atom. The summed E-state index contributed by atoms with van der Waals surface area (Å²) in [6.45, 7) is 0.547. The second kappa shape index (κ2) is 13.5. The molecular formula is C23H34N2O10. The molecule has 6 atom stereocenters. The fraction of sp³-hybridized carbons (Fsp3) is 0.609. The summed E-state index contributed by atoms with van der Waals surface area (Å²) in [7, 11) is 0. The van der Waals surface area contributed by atoms with E-state index in [9.17, 15) is 34.8 Å². The lowest BCUT2D eigenvalue weighted by molar-refractivity contribution is -0.311. The van der Waals surface area contributed by atoms with E-state index in [0.717, 1.165) is 12.5 Å². The third kappa shape index (κ3) is 8.23. The van der Waals surface area contributed by atoms with Gasteiger partial charge < -0.3 is 45.6 Å². The van der Waals surface area contributed by atoms with E-state index in [1.807, 2.05) is 30.3 Å². The van der Waals surface area contributed by atoms with Crippen molar-refractivity contribution >= 4 is 17.8 Å². The van der Waals surface area contributed by atoms with Crippen LogP contribution in [0.1, 0.15) is 38.2 Å². The monoisotopic (exact) mass is 498 g/mol. The van der Waals surface area contributed by atoms with Crippen LogP contribution in [0.25, 0.3) is 0 Å². The number of nitrogens with one attached hydrogen (secondary N) is 2. The van der Waals surface area contributed by atoms with Crippen LogP contribution in [0.5, 0.6) is 0 Å². The number of aliphatic carboxylic acids is 1. The van der Waals surface area contributed by atoms with Gasteiger partial charge in [-0.2, -0.15) is 0 Å². The number of hydrogen-bond acceptors (Lipinski definition) is 9. The number of unbranched alkanes of at least 4 members (excludes halogenated alkanes) is 1. The van der Waals surface area contributed by atoms with Gasteiger partial charge in [0.1, 0.15) is 18.3 Å². The zero-order chi connectivity index (χ0) is 26.0. The summed E-state index contributed by atoms with van der Waals surface area (Å²) in [5.41, 5.74) is 0.959. The van der Waals surface area contributed by atoms with Gasteiger partial charge in [-0.05, 0) is 18.4 Å². The molecular weight excluding hydrogens is 464 g/mol. The number of benzene rings is 1. The van der Waals surface area contributed by atoms with Gasteiger partial charge in [0.15, 0.2) is 0 Å². The fourth-order valence-electron chi connectivity index (χ4n) is 3.79. The molecule has 35 heavy (non-hydrogen) atoms. The average molecular weight is 499 g/mol. The molecule has 1 aromatic carbocycles. The summed E-state index contributed by atoms with van der Waals surface area (Å²) in [6.07, 6.45) is -6.33. The van der Waals surface area contributed by atoms with Gasteiger partial charge in [0.05, 0.1) is 25.4 Å². The second-order valence-corrected chi connectivity index (χ2v) is 8.45. The van der Waals surface area contributed by atoms with Crippen molar-refractivity contribution in [2.45, 2.75) is 75.4 Å². The minimum Gasteiger partial charge on any atom is -0.477 e. The Balaban J connectivity index is 1.94. The lowest BCUT2D eigenvalue weighted by Crippen LogP contribution is -2.67. The maximum atomic E-state index is 12.0. The SMILES string of the molecule is CC(=O)N[C@H]1[C@H]([C@H](O)[C@H](O)CO)O[C@@](OCCCCC(=O)NCc2ccccc2)(C(=O)O)C[C@@H]1O. The van der Waals surface area contributed by atoms with Crippen LogP contribution in [0.15, 0.2) is 30.3 Å². The van der Waals surface area contributed by atoms with Gasteiger partial charge in [0, 0.05) is 26.3 Å². The first-order valence-corrected chi connectivity index (χ1v) is 11.4. The molecule has 1 saturated heterocycles. The van der Waals surface area contributed by atoms with Crippen molar-refractivity contribution in [1.29, 1.82) is 0 Å². The largest absolute Gasteiger partial charge is 0.477 e. The predicted molar refractivity (Wildman–Crippen MR) is 121 cm³/mol. The van der Waals surface area contributed by atoms with Crippen LogP contribution >= 0.6 is 0 Å². The van der Waals surface area contributed by atoms with Gasteiger partial charge in [-0.3, -0.25) is 9.59 Å². The molecule has 2 amide bonds. The number of carboxylic acid groups (broad SMARTS) is 1. The molecule has 0 unspecified atom stereocenters. The molecule has 1 aromatic rings. The van der Waals surface area contributed by atoms with Gasteiger partial charge in [-0.25, -0.2) is 4.79 Å². The van der Waals surface area contributed by atoms with Crippen LogP contribution in [0.2, 0.25) is 0 Å². The Kier molecular flexibility index (Phi) is 11.0. The van der Waals surface area contributed by atoms with Crippen LogP contribution in [0, 0.1) is 0 Å². The van der Waals surface area contributed by atoms with Crippen LogP contribution in [-0.4, -0.2) is 92.8 Å². The molecule has 12 nitrogen and oxygen atoms in total. The van der Waals surface area contributed by atoms with Crippen molar-refractivity contribution in [1.82, 2.24) is 10.6 Å². The Bertz CT molecular complexity index is 839. The number of aliphatic hydroxyl groups is 4. The van der Waals surface area contributed by atoms with Crippen LogP contribution in [0.3, 0.4) is 0 Å². The molecule has 0 radical (unpaired) electrons. The molecule has 1 heterocycles. The second-order valence-electron chi connectivity index (χ2n) is 8.45. The smallest absolute Gasteiger partial charge is 0.364 e. The molecule has 0 bridgehead atoms. The first-order chi connectivity index (χ1) is 16.6. The number of rotatable bonds is 13. The highest BCUT2D eigenvalue weighted by atomic mass is 16.7. The summed E-state index contributed by atoms with van der Waals surface area (Å²) < 4.78 is 11.0. The zero-order valence-electron chi connectivity index (χ0n) is 19.5. The van der Waals surface area contributed by atoms with Gasteiger partial charge in [0.2, 0.25) is 11.8 Å². The van der Waals surface area contributed by atoms with Gasteiger partial charge in [-0.1, -0.05) is 30.3 Å². The molecule has 12 heteroatoms. The van der Waals surface area contributed by atoms with Crippen LogP contribution in [-0.2, 0) is 30.4 Å². The molecule has 0 aromatic heterocycles. The fourth-order valence-corrected chi connectivity index (χ4v) is 3.79. The molecule has 7 N–H and O–H groups in total. The molecule has 1 aliphatic heterocycles. The van der Waals surface area contributed by atoms with Crippen molar-refractivity contribution in [3.63, 3.8) is 0 Å². The van der Waals surface area contributed by atoms with E-state index in [-0.39, 0.29) is 18.9 Å². The Hall–Kier alpha value is -2.61. The summed E-state index contributed by atoms with van der Waals surface area (Å²) in [5, 5.41) is 54.9. The number of carbonyl (C=O) groups is 3. The van der Waals surface area contributed by atoms with Gasteiger partial charge in [0.25, 0.3) is 5.79 Å². The van der Waals surface area contributed by atoms with Gasteiger partial charge >= 0.3 is 5.97 Å². The van der Waals surface area contributed by atoms with E-state index in [1.54, 1.807) is 0 Å². The number of carbonyl (C=O) groups excluding carboxylic acids is 2. The standard InChI is InChI=1S/C23H34N2O10/c1-14(27)25-19-16(28)11-23(22(32)33,35-21(19)20(31)17(29)13-26)34-10-6-5-9-18(30)24-12-15-7-3-2-4-8-15/h2-4,7-8,16-17,19-21,26,28-29,31H,5-6,9-13H2,1H3,(H,24,30)(H,25,27)(H,32,33)/t16-,17+,19+,20+,21+,23+/m0/s1. The first-order valence-electron chi connectivity index (χ1n) is 11.4. The molecule has 0 spiro atoms. The normalized spacial score (nSPS) is 25.9. The highest BCUT2D eigenvalue weighted by Gasteiger charge is 2.55. The highest BCUT2D eigenvalue weighted by Crippen LogP contribution is 2.33. The molecule has 2 rings (SSSR count). The van der Waals surface area contributed by atoms with E-state index in [2.05, 4.69) is 10.6 Å². The molecule has 0 saturated carbocycles. The quantitative estimate of drug-likeness (QED) is 0.160. The zero-order valence-corrected chi connectivity index (χ0v) is 19.5.